The van der Waals surface area contributed by atoms with Gasteiger partial charge < -0.3 is 0 Å². The first-order chi connectivity index (χ1) is 9.15. The average Bonchev–Trinajstić information content (AvgIpc) is 2.86. The molecule has 0 radical (unpaired) electrons. The molecule has 19 heavy (non-hydrogen) atoms. The van der Waals surface area contributed by atoms with E-state index in [-0.39, 0.29) is 5.78 Å². The second-order valence-electron chi connectivity index (χ2n) is 5.16. The summed E-state index contributed by atoms with van der Waals surface area (Å²) in [6, 6.07) is 6.26. The van der Waals surface area contributed by atoms with Crippen molar-refractivity contribution in [2.45, 2.75) is 26.7 Å². The van der Waals surface area contributed by atoms with Crippen molar-refractivity contribution in [2.75, 3.05) is 0 Å². The van der Waals surface area contributed by atoms with Crippen molar-refractivity contribution in [3.8, 4) is 0 Å². The predicted molar refractivity (Wildman–Crippen MR) is 80.9 cm³/mol. The first-order valence-electron chi connectivity index (χ1n) is 6.53. The molecule has 0 unspecified atom stereocenters. The summed E-state index contributed by atoms with van der Waals surface area (Å²) in [5.74, 6) is 0.208. The summed E-state index contributed by atoms with van der Waals surface area (Å²) < 4.78 is 0. The van der Waals surface area contributed by atoms with Crippen molar-refractivity contribution < 1.29 is 4.79 Å². The minimum Gasteiger partial charge on any atom is -0.289 e. The highest BCUT2D eigenvalue weighted by Gasteiger charge is 2.23. The Morgan fingerprint density at radius 3 is 2.79 bits per heavy atom. The molecule has 0 N–H and O–H groups in total. The highest BCUT2D eigenvalue weighted by molar-refractivity contribution is 7.08. The summed E-state index contributed by atoms with van der Waals surface area (Å²) >= 11 is 1.66. The molecule has 96 valence electrons. The van der Waals surface area contributed by atoms with Gasteiger partial charge in [0.1, 0.15) is 0 Å². The molecule has 1 aromatic carbocycles. The van der Waals surface area contributed by atoms with Gasteiger partial charge in [-0.15, -0.1) is 0 Å². The van der Waals surface area contributed by atoms with Crippen LogP contribution in [0.1, 0.15) is 39.0 Å². The van der Waals surface area contributed by atoms with Gasteiger partial charge in [0.05, 0.1) is 0 Å². The molecule has 0 fully saturated rings. The summed E-state index contributed by atoms with van der Waals surface area (Å²) in [7, 11) is 0. The smallest absolute Gasteiger partial charge is 0.189 e. The number of ketones is 1. The lowest BCUT2D eigenvalue weighted by Crippen LogP contribution is -2.15. The van der Waals surface area contributed by atoms with E-state index >= 15 is 0 Å². The number of Topliss-reactive ketones (excluding diaryl/α,β-unsaturated/α-hetero) is 1. The molecule has 0 saturated heterocycles. The Morgan fingerprint density at radius 1 is 1.21 bits per heavy atom. The van der Waals surface area contributed by atoms with Gasteiger partial charge in [-0.3, -0.25) is 4.79 Å². The Balaban J connectivity index is 2.05. The minimum atomic E-state index is 0.208. The fourth-order valence-electron chi connectivity index (χ4n) is 2.77. The molecular formula is C17H16OS. The van der Waals surface area contributed by atoms with Gasteiger partial charge in [-0.05, 0) is 72.3 Å². The van der Waals surface area contributed by atoms with Crippen molar-refractivity contribution >= 4 is 23.2 Å². The fraction of sp³-hybridized carbons (Fsp3) is 0.235. The molecule has 3 rings (SSSR count). The number of carbonyl (C=O) groups is 1. The van der Waals surface area contributed by atoms with Crippen molar-refractivity contribution in [2.24, 2.45) is 0 Å². The third-order valence-electron chi connectivity index (χ3n) is 3.68. The van der Waals surface area contributed by atoms with Gasteiger partial charge in [0.25, 0.3) is 0 Å². The Labute approximate surface area is 117 Å². The third-order valence-corrected chi connectivity index (χ3v) is 4.38. The van der Waals surface area contributed by atoms with Crippen molar-refractivity contribution in [1.29, 1.82) is 0 Å². The Bertz CT molecular complexity index is 663. The Kier molecular flexibility index (Phi) is 3.11. The largest absolute Gasteiger partial charge is 0.289 e. The standard InChI is InChI=1S/C17H16OS/c1-11-7-12(2)15-4-3-14(17(18)16(15)8-11)9-13-5-6-19-10-13/h5-10H,3-4H2,1-2H3/b14-9+. The maximum absolute atomic E-state index is 12.6. The maximum atomic E-state index is 12.6. The van der Waals surface area contributed by atoms with Crippen molar-refractivity contribution in [1.82, 2.24) is 0 Å². The van der Waals surface area contributed by atoms with Crippen LogP contribution in [0, 0.1) is 13.8 Å². The van der Waals surface area contributed by atoms with E-state index in [2.05, 4.69) is 31.4 Å². The summed E-state index contributed by atoms with van der Waals surface area (Å²) in [5.41, 5.74) is 6.64. The van der Waals surface area contributed by atoms with Gasteiger partial charge in [0.15, 0.2) is 5.78 Å². The lowest BCUT2D eigenvalue weighted by molar-refractivity contribution is 0.102. The van der Waals surface area contributed by atoms with Crippen LogP contribution in [0.25, 0.3) is 6.08 Å². The minimum absolute atomic E-state index is 0.208. The van der Waals surface area contributed by atoms with Gasteiger partial charge in [-0.1, -0.05) is 11.6 Å². The van der Waals surface area contributed by atoms with Crippen LogP contribution in [0.5, 0.6) is 0 Å². The highest BCUT2D eigenvalue weighted by atomic mass is 32.1. The zero-order chi connectivity index (χ0) is 13.4. The summed E-state index contributed by atoms with van der Waals surface area (Å²) in [4.78, 5) is 12.6. The lowest BCUT2D eigenvalue weighted by atomic mass is 9.83. The lowest BCUT2D eigenvalue weighted by Gasteiger charge is -2.20. The van der Waals surface area contributed by atoms with Crippen LogP contribution in [0.4, 0.5) is 0 Å². The molecule has 1 aliphatic carbocycles. The van der Waals surface area contributed by atoms with Crippen LogP contribution in [-0.4, -0.2) is 5.78 Å². The topological polar surface area (TPSA) is 17.1 Å². The van der Waals surface area contributed by atoms with Crippen LogP contribution in [0.3, 0.4) is 0 Å². The van der Waals surface area contributed by atoms with Crippen LogP contribution in [0.2, 0.25) is 0 Å². The number of fused-ring (bicyclic) bond motifs is 1. The second kappa shape index (κ2) is 4.78. The number of hydrogen-bond donors (Lipinski definition) is 0. The first kappa shape index (κ1) is 12.4. The molecule has 0 aliphatic heterocycles. The summed E-state index contributed by atoms with van der Waals surface area (Å²) in [5, 5.41) is 4.12. The highest BCUT2D eigenvalue weighted by Crippen LogP contribution is 2.30. The Morgan fingerprint density at radius 2 is 2.05 bits per heavy atom. The SMILES string of the molecule is Cc1cc(C)c2c(c1)C(=O)/C(=C/c1ccsc1)CC2. The van der Waals surface area contributed by atoms with Gasteiger partial charge in [-0.25, -0.2) is 0 Å². The molecule has 1 heterocycles. The van der Waals surface area contributed by atoms with E-state index < -0.39 is 0 Å². The number of thiophene rings is 1. The van der Waals surface area contributed by atoms with E-state index in [1.807, 2.05) is 17.5 Å². The number of hydrogen-bond acceptors (Lipinski definition) is 2. The van der Waals surface area contributed by atoms with Crippen LogP contribution >= 0.6 is 11.3 Å². The molecule has 0 atom stereocenters. The van der Waals surface area contributed by atoms with Gasteiger partial charge in [0, 0.05) is 11.1 Å². The summed E-state index contributed by atoms with van der Waals surface area (Å²) in [6.07, 6.45) is 3.87. The van der Waals surface area contributed by atoms with Gasteiger partial charge in [0.2, 0.25) is 0 Å². The van der Waals surface area contributed by atoms with Gasteiger partial charge >= 0.3 is 0 Å². The predicted octanol–water partition coefficient (Wildman–Crippen LogP) is 4.58. The van der Waals surface area contributed by atoms with Crippen molar-refractivity contribution in [3.63, 3.8) is 0 Å². The number of aryl methyl sites for hydroxylation is 2. The van der Waals surface area contributed by atoms with E-state index in [1.54, 1.807) is 11.3 Å². The number of rotatable bonds is 1. The number of allylic oxidation sites excluding steroid dienone is 1. The molecule has 0 spiro atoms. The molecule has 0 saturated carbocycles. The second-order valence-corrected chi connectivity index (χ2v) is 5.94. The zero-order valence-corrected chi connectivity index (χ0v) is 12.0. The zero-order valence-electron chi connectivity index (χ0n) is 11.2. The molecule has 1 aliphatic rings. The molecule has 1 aromatic heterocycles. The Hall–Kier alpha value is -1.67. The number of benzene rings is 1. The van der Waals surface area contributed by atoms with E-state index in [1.165, 1.54) is 16.7 Å². The molecule has 2 aromatic rings. The quantitative estimate of drug-likeness (QED) is 0.692. The van der Waals surface area contributed by atoms with Crippen LogP contribution < -0.4 is 0 Å². The van der Waals surface area contributed by atoms with Crippen molar-refractivity contribution in [3.05, 3.63) is 62.3 Å². The van der Waals surface area contributed by atoms with E-state index in [9.17, 15) is 4.79 Å². The monoisotopic (exact) mass is 268 g/mol. The summed E-state index contributed by atoms with van der Waals surface area (Å²) in [6.45, 7) is 4.16. The average molecular weight is 268 g/mol. The molecule has 0 amide bonds. The van der Waals surface area contributed by atoms with E-state index in [0.29, 0.717) is 0 Å². The molecular weight excluding hydrogens is 252 g/mol. The molecule has 2 heteroatoms. The third kappa shape index (κ3) is 2.28. The maximum Gasteiger partial charge on any atom is 0.189 e. The number of carbonyl (C=O) groups excluding carboxylic acids is 1. The van der Waals surface area contributed by atoms with Gasteiger partial charge in [-0.2, -0.15) is 11.3 Å². The van der Waals surface area contributed by atoms with Crippen LogP contribution in [-0.2, 0) is 6.42 Å². The fourth-order valence-corrected chi connectivity index (χ4v) is 3.39. The van der Waals surface area contributed by atoms with E-state index in [4.69, 9.17) is 0 Å². The molecule has 0 bridgehead atoms. The normalized spacial score (nSPS) is 16.7. The molecule has 1 nitrogen and oxygen atoms in total. The van der Waals surface area contributed by atoms with E-state index in [0.717, 1.165) is 29.5 Å². The first-order valence-corrected chi connectivity index (χ1v) is 7.47. The van der Waals surface area contributed by atoms with Crippen LogP contribution in [0.15, 0.2) is 34.5 Å².